The molecular weight excluding hydrogens is 351 g/mol. The Morgan fingerprint density at radius 3 is 2.26 bits per heavy atom. The monoisotopic (exact) mass is 375 g/mol. The van der Waals surface area contributed by atoms with Gasteiger partial charge in [0.25, 0.3) is 0 Å². The van der Waals surface area contributed by atoms with Crippen LogP contribution in [0.3, 0.4) is 0 Å². The maximum absolute atomic E-state index is 14.0. The Labute approximate surface area is 157 Å². The quantitative estimate of drug-likeness (QED) is 0.718. The van der Waals surface area contributed by atoms with Crippen molar-refractivity contribution in [3.05, 3.63) is 71.8 Å². The molecule has 0 fully saturated rings. The number of aliphatic hydroxyl groups is 1. The highest BCUT2D eigenvalue weighted by atomic mass is 19.4. The molecule has 27 heavy (non-hydrogen) atoms. The zero-order valence-corrected chi connectivity index (χ0v) is 15.5. The third-order valence-corrected chi connectivity index (χ3v) is 5.21. The Morgan fingerprint density at radius 2 is 1.59 bits per heavy atom. The van der Waals surface area contributed by atoms with Crippen molar-refractivity contribution in [1.82, 2.24) is 0 Å². The Bertz CT molecular complexity index is 827. The van der Waals surface area contributed by atoms with Crippen LogP contribution in [0.2, 0.25) is 0 Å². The molecular formula is C22H24F3NO. The lowest BCUT2D eigenvalue weighted by atomic mass is 9.72. The van der Waals surface area contributed by atoms with Gasteiger partial charge in [-0.25, -0.2) is 0 Å². The summed E-state index contributed by atoms with van der Waals surface area (Å²) in [6, 6.07) is 16.3. The van der Waals surface area contributed by atoms with Crippen LogP contribution in [0.4, 0.5) is 18.9 Å². The molecule has 2 N–H and O–H groups in total. The van der Waals surface area contributed by atoms with Gasteiger partial charge in [-0.15, -0.1) is 0 Å². The van der Waals surface area contributed by atoms with Gasteiger partial charge in [0, 0.05) is 24.2 Å². The number of nitrogens with one attached hydrogen (secondary N) is 1. The first-order valence-corrected chi connectivity index (χ1v) is 8.99. The van der Waals surface area contributed by atoms with Crippen LogP contribution >= 0.6 is 0 Å². The van der Waals surface area contributed by atoms with Gasteiger partial charge >= 0.3 is 6.18 Å². The normalized spacial score (nSPS) is 16.7. The second-order valence-corrected chi connectivity index (χ2v) is 7.79. The van der Waals surface area contributed by atoms with Crippen LogP contribution in [0.5, 0.6) is 0 Å². The molecule has 1 aliphatic rings. The Balaban J connectivity index is 1.94. The van der Waals surface area contributed by atoms with Gasteiger partial charge in [0.2, 0.25) is 0 Å². The summed E-state index contributed by atoms with van der Waals surface area (Å²) in [5, 5.41) is 14.0. The largest absolute Gasteiger partial charge is 0.417 e. The highest BCUT2D eigenvalue weighted by molar-refractivity contribution is 5.79. The van der Waals surface area contributed by atoms with Gasteiger partial charge in [-0.1, -0.05) is 68.5 Å². The summed E-state index contributed by atoms with van der Waals surface area (Å²) in [4.78, 5) is 0. The first-order valence-electron chi connectivity index (χ1n) is 8.99. The van der Waals surface area contributed by atoms with E-state index in [-0.39, 0.29) is 0 Å². The molecule has 2 nitrogen and oxygen atoms in total. The van der Waals surface area contributed by atoms with E-state index >= 15 is 0 Å². The van der Waals surface area contributed by atoms with E-state index in [0.717, 1.165) is 11.3 Å². The number of alkyl halides is 3. The maximum atomic E-state index is 14.0. The van der Waals surface area contributed by atoms with Crippen LogP contribution in [0.1, 0.15) is 37.8 Å². The number of para-hydroxylation sites is 1. The SMILES string of the molecule is CC(C)(CC(O)(CC1=CCNc2ccccc21)C(F)(F)F)c1ccccc1. The van der Waals surface area contributed by atoms with Crippen molar-refractivity contribution in [1.29, 1.82) is 0 Å². The molecule has 0 radical (unpaired) electrons. The highest BCUT2D eigenvalue weighted by Crippen LogP contribution is 2.46. The fraction of sp³-hybridized carbons (Fsp3) is 0.364. The summed E-state index contributed by atoms with van der Waals surface area (Å²) in [6.07, 6.45) is -3.89. The van der Waals surface area contributed by atoms with Crippen molar-refractivity contribution < 1.29 is 18.3 Å². The Morgan fingerprint density at radius 1 is 0.963 bits per heavy atom. The minimum atomic E-state index is -4.74. The van der Waals surface area contributed by atoms with Gasteiger partial charge in [0.15, 0.2) is 5.60 Å². The van der Waals surface area contributed by atoms with Crippen molar-refractivity contribution >= 4 is 11.3 Å². The molecule has 1 unspecified atom stereocenters. The van der Waals surface area contributed by atoms with Crippen LogP contribution in [0.15, 0.2) is 60.7 Å². The Kier molecular flexibility index (Phi) is 5.08. The average Bonchev–Trinajstić information content (AvgIpc) is 2.61. The molecule has 0 amide bonds. The van der Waals surface area contributed by atoms with E-state index in [9.17, 15) is 18.3 Å². The molecule has 0 saturated carbocycles. The minimum absolute atomic E-state index is 0.416. The van der Waals surface area contributed by atoms with Gasteiger partial charge in [0.1, 0.15) is 0 Å². The molecule has 0 aliphatic carbocycles. The van der Waals surface area contributed by atoms with Crippen LogP contribution < -0.4 is 5.32 Å². The number of hydrogen-bond donors (Lipinski definition) is 2. The molecule has 0 saturated heterocycles. The third-order valence-electron chi connectivity index (χ3n) is 5.21. The lowest BCUT2D eigenvalue weighted by Gasteiger charge is -2.39. The number of benzene rings is 2. The molecule has 2 aromatic rings. The van der Waals surface area contributed by atoms with E-state index in [1.54, 1.807) is 56.3 Å². The molecule has 1 atom stereocenters. The fourth-order valence-electron chi connectivity index (χ4n) is 3.78. The van der Waals surface area contributed by atoms with Crippen molar-refractivity contribution in [2.24, 2.45) is 0 Å². The molecule has 2 aromatic carbocycles. The van der Waals surface area contributed by atoms with E-state index in [1.165, 1.54) is 0 Å². The third kappa shape index (κ3) is 4.03. The van der Waals surface area contributed by atoms with Crippen LogP contribution in [-0.2, 0) is 5.41 Å². The van der Waals surface area contributed by atoms with Gasteiger partial charge in [-0.3, -0.25) is 0 Å². The second-order valence-electron chi connectivity index (χ2n) is 7.79. The average molecular weight is 375 g/mol. The van der Waals surface area contributed by atoms with Crippen molar-refractivity contribution in [3.63, 3.8) is 0 Å². The van der Waals surface area contributed by atoms with Crippen LogP contribution in [-0.4, -0.2) is 23.4 Å². The number of halogens is 3. The summed E-state index contributed by atoms with van der Waals surface area (Å²) in [7, 11) is 0. The molecule has 1 heterocycles. The standard InChI is InChI=1S/C22H24F3NO/c1-20(2,17-8-4-3-5-9-17)15-21(27,22(23,24)25)14-16-12-13-26-19-11-7-6-10-18(16)19/h3-12,26-27H,13-15H2,1-2H3. The first-order chi connectivity index (χ1) is 12.6. The molecule has 5 heteroatoms. The van der Waals surface area contributed by atoms with Gasteiger partial charge < -0.3 is 10.4 Å². The fourth-order valence-corrected chi connectivity index (χ4v) is 3.78. The van der Waals surface area contributed by atoms with Gasteiger partial charge in [-0.2, -0.15) is 13.2 Å². The topological polar surface area (TPSA) is 32.3 Å². The zero-order chi connectivity index (χ0) is 19.7. The van der Waals surface area contributed by atoms with Gasteiger partial charge in [-0.05, 0) is 29.0 Å². The molecule has 0 spiro atoms. The van der Waals surface area contributed by atoms with Crippen molar-refractivity contribution in [3.8, 4) is 0 Å². The molecule has 0 aromatic heterocycles. The summed E-state index contributed by atoms with van der Waals surface area (Å²) >= 11 is 0. The van der Waals surface area contributed by atoms with E-state index in [1.807, 2.05) is 18.2 Å². The zero-order valence-electron chi connectivity index (χ0n) is 15.5. The number of rotatable bonds is 5. The predicted molar refractivity (Wildman–Crippen MR) is 103 cm³/mol. The molecule has 0 bridgehead atoms. The lowest BCUT2D eigenvalue weighted by molar-refractivity contribution is -0.264. The molecule has 144 valence electrons. The summed E-state index contributed by atoms with van der Waals surface area (Å²) < 4.78 is 42.0. The summed E-state index contributed by atoms with van der Waals surface area (Å²) in [5.41, 5.74) is -0.854. The minimum Gasteiger partial charge on any atom is -0.381 e. The van der Waals surface area contributed by atoms with Crippen LogP contribution in [0.25, 0.3) is 5.57 Å². The lowest BCUT2D eigenvalue weighted by Crippen LogP contribution is -2.49. The van der Waals surface area contributed by atoms with E-state index in [2.05, 4.69) is 5.32 Å². The van der Waals surface area contributed by atoms with E-state index < -0.39 is 30.0 Å². The van der Waals surface area contributed by atoms with Gasteiger partial charge in [0.05, 0.1) is 0 Å². The van der Waals surface area contributed by atoms with Crippen molar-refractivity contribution in [2.75, 3.05) is 11.9 Å². The van der Waals surface area contributed by atoms with E-state index in [4.69, 9.17) is 0 Å². The molecule has 1 aliphatic heterocycles. The Hall–Kier alpha value is -2.27. The highest BCUT2D eigenvalue weighted by Gasteiger charge is 2.56. The molecule has 3 rings (SSSR count). The first kappa shape index (κ1) is 19.5. The maximum Gasteiger partial charge on any atom is 0.417 e. The second kappa shape index (κ2) is 7.04. The predicted octanol–water partition coefficient (Wildman–Crippen LogP) is 5.55. The number of anilines is 1. The number of fused-ring (bicyclic) bond motifs is 1. The summed E-state index contributed by atoms with van der Waals surface area (Å²) in [5.74, 6) is 0. The summed E-state index contributed by atoms with van der Waals surface area (Å²) in [6.45, 7) is 3.93. The van der Waals surface area contributed by atoms with E-state index in [0.29, 0.717) is 17.7 Å². The van der Waals surface area contributed by atoms with Crippen LogP contribution in [0, 0.1) is 0 Å². The number of hydrogen-bond acceptors (Lipinski definition) is 2. The van der Waals surface area contributed by atoms with Crippen molar-refractivity contribution in [2.45, 2.75) is 43.9 Å². The smallest absolute Gasteiger partial charge is 0.381 e.